The van der Waals surface area contributed by atoms with Crippen molar-refractivity contribution in [2.24, 2.45) is 0 Å². The van der Waals surface area contributed by atoms with Gasteiger partial charge in [0.25, 0.3) is 0 Å². The zero-order chi connectivity index (χ0) is 13.0. The Morgan fingerprint density at radius 1 is 1.22 bits per heavy atom. The molecule has 1 saturated heterocycles. The van der Waals surface area contributed by atoms with Crippen LogP contribution in [0, 0.1) is 0 Å². The first kappa shape index (κ1) is 14.2. The molecule has 1 saturated carbocycles. The van der Waals surface area contributed by atoms with E-state index in [2.05, 4.69) is 5.32 Å². The molecule has 0 amide bonds. The second-order valence-corrected chi connectivity index (χ2v) is 7.45. The highest BCUT2D eigenvalue weighted by molar-refractivity contribution is 7.89. The lowest BCUT2D eigenvalue weighted by Gasteiger charge is -2.39. The van der Waals surface area contributed by atoms with Crippen LogP contribution in [-0.2, 0) is 10.0 Å². The summed E-state index contributed by atoms with van der Waals surface area (Å²) in [4.78, 5) is 0. The van der Waals surface area contributed by atoms with Gasteiger partial charge in [0.05, 0.1) is 5.25 Å². The molecule has 1 unspecified atom stereocenters. The van der Waals surface area contributed by atoms with Gasteiger partial charge in [0, 0.05) is 25.7 Å². The quantitative estimate of drug-likeness (QED) is 0.732. The van der Waals surface area contributed by atoms with Gasteiger partial charge in [-0.3, -0.25) is 0 Å². The van der Waals surface area contributed by atoms with E-state index in [1.807, 2.05) is 0 Å². The third kappa shape index (κ3) is 3.04. The maximum absolute atomic E-state index is 12.6. The van der Waals surface area contributed by atoms with Gasteiger partial charge in [-0.25, -0.2) is 8.42 Å². The zero-order valence-electron chi connectivity index (χ0n) is 10.8. The molecule has 0 spiro atoms. The SMILES string of the molecule is O=S(=O)(C1CCCNC1)N(CCCO)C1CCC1. The molecule has 0 aromatic carbocycles. The van der Waals surface area contributed by atoms with Crippen molar-refractivity contribution < 1.29 is 13.5 Å². The van der Waals surface area contributed by atoms with Crippen molar-refractivity contribution in [3.8, 4) is 0 Å². The molecule has 2 rings (SSSR count). The largest absolute Gasteiger partial charge is 0.396 e. The molecule has 2 N–H and O–H groups in total. The van der Waals surface area contributed by atoms with Crippen LogP contribution in [0.2, 0.25) is 0 Å². The normalized spacial score (nSPS) is 26.2. The van der Waals surface area contributed by atoms with E-state index < -0.39 is 10.0 Å². The topological polar surface area (TPSA) is 69.6 Å². The molecular weight excluding hydrogens is 252 g/mol. The highest BCUT2D eigenvalue weighted by atomic mass is 32.2. The van der Waals surface area contributed by atoms with Gasteiger partial charge in [-0.2, -0.15) is 4.31 Å². The molecule has 6 heteroatoms. The molecule has 0 radical (unpaired) electrons. The van der Waals surface area contributed by atoms with Crippen LogP contribution in [0.4, 0.5) is 0 Å². The van der Waals surface area contributed by atoms with Crippen LogP contribution in [0.15, 0.2) is 0 Å². The minimum absolute atomic E-state index is 0.0572. The number of aliphatic hydroxyl groups is 1. The van der Waals surface area contributed by atoms with Crippen LogP contribution in [-0.4, -0.2) is 55.4 Å². The third-order valence-electron chi connectivity index (χ3n) is 4.02. The van der Waals surface area contributed by atoms with Crippen LogP contribution < -0.4 is 5.32 Å². The number of hydrogen-bond acceptors (Lipinski definition) is 4. The first-order chi connectivity index (χ1) is 8.66. The van der Waals surface area contributed by atoms with Crippen molar-refractivity contribution in [1.29, 1.82) is 0 Å². The van der Waals surface area contributed by atoms with E-state index in [1.165, 1.54) is 0 Å². The van der Waals surface area contributed by atoms with Gasteiger partial charge in [0.2, 0.25) is 10.0 Å². The lowest BCUT2D eigenvalue weighted by Crippen LogP contribution is -2.52. The average Bonchev–Trinajstić information content (AvgIpc) is 2.33. The van der Waals surface area contributed by atoms with Crippen molar-refractivity contribution in [2.45, 2.75) is 49.8 Å². The fraction of sp³-hybridized carbons (Fsp3) is 1.00. The summed E-state index contributed by atoms with van der Waals surface area (Å²) in [6.45, 7) is 2.03. The predicted octanol–water partition coefficient (Wildman–Crippen LogP) is 0.305. The Morgan fingerprint density at radius 2 is 2.00 bits per heavy atom. The molecule has 0 aromatic rings. The van der Waals surface area contributed by atoms with Crippen molar-refractivity contribution in [2.75, 3.05) is 26.2 Å². The van der Waals surface area contributed by atoms with Crippen molar-refractivity contribution in [1.82, 2.24) is 9.62 Å². The number of aliphatic hydroxyl groups excluding tert-OH is 1. The number of piperidine rings is 1. The standard InChI is InChI=1S/C12H24N2O3S/c15-9-3-8-14(11-4-1-5-11)18(16,17)12-6-2-7-13-10-12/h11-13,15H,1-10H2. The summed E-state index contributed by atoms with van der Waals surface area (Å²) in [6, 6.07) is 0.184. The zero-order valence-corrected chi connectivity index (χ0v) is 11.7. The van der Waals surface area contributed by atoms with Gasteiger partial charge in [-0.05, 0) is 38.6 Å². The van der Waals surface area contributed by atoms with Gasteiger partial charge in [-0.1, -0.05) is 6.42 Å². The van der Waals surface area contributed by atoms with Crippen LogP contribution in [0.1, 0.15) is 38.5 Å². The van der Waals surface area contributed by atoms with E-state index in [1.54, 1.807) is 4.31 Å². The minimum Gasteiger partial charge on any atom is -0.396 e. The lowest BCUT2D eigenvalue weighted by atomic mass is 9.93. The summed E-state index contributed by atoms with van der Waals surface area (Å²) < 4.78 is 26.9. The van der Waals surface area contributed by atoms with E-state index >= 15 is 0 Å². The summed E-state index contributed by atoms with van der Waals surface area (Å²) in [5.74, 6) is 0. The Balaban J connectivity index is 2.06. The number of rotatable bonds is 6. The number of nitrogens with zero attached hydrogens (tertiary/aromatic N) is 1. The Labute approximate surface area is 110 Å². The summed E-state index contributed by atoms with van der Waals surface area (Å²) in [6.07, 6.45) is 5.31. The van der Waals surface area contributed by atoms with Gasteiger partial charge in [0.15, 0.2) is 0 Å². The Hall–Kier alpha value is -0.170. The van der Waals surface area contributed by atoms with Crippen molar-refractivity contribution in [3.05, 3.63) is 0 Å². The van der Waals surface area contributed by atoms with E-state index in [-0.39, 0.29) is 17.9 Å². The molecule has 1 atom stereocenters. The second kappa shape index (κ2) is 6.32. The van der Waals surface area contributed by atoms with Crippen LogP contribution in [0.25, 0.3) is 0 Å². The summed E-state index contributed by atoms with van der Waals surface area (Å²) >= 11 is 0. The number of hydrogen-bond donors (Lipinski definition) is 2. The Morgan fingerprint density at radius 3 is 2.50 bits per heavy atom. The monoisotopic (exact) mass is 276 g/mol. The smallest absolute Gasteiger partial charge is 0.218 e. The van der Waals surface area contributed by atoms with Crippen LogP contribution in [0.5, 0.6) is 0 Å². The molecule has 5 nitrogen and oxygen atoms in total. The lowest BCUT2D eigenvalue weighted by molar-refractivity contribution is 0.196. The molecule has 106 valence electrons. The van der Waals surface area contributed by atoms with Gasteiger partial charge in [-0.15, -0.1) is 0 Å². The number of sulfonamides is 1. The highest BCUT2D eigenvalue weighted by Gasteiger charge is 2.38. The summed E-state index contributed by atoms with van der Waals surface area (Å²) in [5.41, 5.74) is 0. The molecular formula is C12H24N2O3S. The minimum atomic E-state index is -3.20. The van der Waals surface area contributed by atoms with Crippen molar-refractivity contribution >= 4 is 10.0 Å². The highest BCUT2D eigenvalue weighted by Crippen LogP contribution is 2.29. The predicted molar refractivity (Wildman–Crippen MR) is 70.9 cm³/mol. The average molecular weight is 276 g/mol. The van der Waals surface area contributed by atoms with Gasteiger partial charge < -0.3 is 10.4 Å². The Bertz CT molecular complexity index is 348. The molecule has 1 aliphatic carbocycles. The first-order valence-electron chi connectivity index (χ1n) is 6.98. The maximum atomic E-state index is 12.6. The Kier molecular flexibility index (Phi) is 5.00. The summed E-state index contributed by atoms with van der Waals surface area (Å²) in [5, 5.41) is 11.8. The molecule has 18 heavy (non-hydrogen) atoms. The van der Waals surface area contributed by atoms with E-state index in [0.29, 0.717) is 19.5 Å². The van der Waals surface area contributed by atoms with E-state index in [9.17, 15) is 8.42 Å². The van der Waals surface area contributed by atoms with Crippen LogP contribution in [0.3, 0.4) is 0 Å². The number of nitrogens with one attached hydrogen (secondary N) is 1. The van der Waals surface area contributed by atoms with Gasteiger partial charge in [0.1, 0.15) is 0 Å². The van der Waals surface area contributed by atoms with E-state index in [0.717, 1.165) is 38.6 Å². The maximum Gasteiger partial charge on any atom is 0.218 e. The molecule has 2 fully saturated rings. The van der Waals surface area contributed by atoms with Crippen LogP contribution >= 0.6 is 0 Å². The second-order valence-electron chi connectivity index (χ2n) is 5.29. The molecule has 1 aliphatic heterocycles. The van der Waals surface area contributed by atoms with Crippen molar-refractivity contribution in [3.63, 3.8) is 0 Å². The fourth-order valence-electron chi connectivity index (χ4n) is 2.68. The molecule has 1 heterocycles. The first-order valence-corrected chi connectivity index (χ1v) is 8.49. The van der Waals surface area contributed by atoms with E-state index in [4.69, 9.17) is 5.11 Å². The molecule has 0 bridgehead atoms. The molecule has 2 aliphatic rings. The summed E-state index contributed by atoms with van der Waals surface area (Å²) in [7, 11) is -3.20. The molecule has 0 aromatic heterocycles. The third-order valence-corrected chi connectivity index (χ3v) is 6.40. The fourth-order valence-corrected chi connectivity index (χ4v) is 4.87. The van der Waals surface area contributed by atoms with Gasteiger partial charge >= 0.3 is 0 Å².